The van der Waals surface area contributed by atoms with E-state index in [0.717, 1.165) is 11.8 Å². The zero-order valence-electron chi connectivity index (χ0n) is 16.5. The van der Waals surface area contributed by atoms with Gasteiger partial charge in [-0.3, -0.25) is 9.69 Å². The Morgan fingerprint density at radius 3 is 2.43 bits per heavy atom. The predicted molar refractivity (Wildman–Crippen MR) is 119 cm³/mol. The summed E-state index contributed by atoms with van der Waals surface area (Å²) < 4.78 is 39.8. The van der Waals surface area contributed by atoms with Gasteiger partial charge < -0.3 is 9.47 Å². The van der Waals surface area contributed by atoms with Crippen LogP contribution in [0.3, 0.4) is 0 Å². The molecule has 158 valence electrons. The van der Waals surface area contributed by atoms with Crippen molar-refractivity contribution in [1.82, 2.24) is 4.90 Å². The number of amidine groups is 1. The summed E-state index contributed by atoms with van der Waals surface area (Å²) in [5.41, 5.74) is 0.659. The number of carbonyl (C=O) groups is 1. The highest BCUT2D eigenvalue weighted by atomic mass is 35.5. The summed E-state index contributed by atoms with van der Waals surface area (Å²) in [6.07, 6.45) is 1.64. The van der Waals surface area contributed by atoms with Gasteiger partial charge in [-0.05, 0) is 61.2 Å². The monoisotopic (exact) mass is 466 g/mol. The molecule has 1 heterocycles. The number of carbonyl (C=O) groups excluding carboxylic acids is 1. The minimum Gasteiger partial charge on any atom is -0.497 e. The summed E-state index contributed by atoms with van der Waals surface area (Å²) in [5.74, 6) is 0.814. The van der Waals surface area contributed by atoms with E-state index in [1.54, 1.807) is 38.3 Å². The Morgan fingerprint density at radius 2 is 1.83 bits per heavy atom. The van der Waals surface area contributed by atoms with Crippen molar-refractivity contribution in [3.8, 4) is 11.5 Å². The molecular weight excluding hydrogens is 448 g/mol. The van der Waals surface area contributed by atoms with Gasteiger partial charge in [0, 0.05) is 23.2 Å². The molecule has 0 unspecified atom stereocenters. The van der Waals surface area contributed by atoms with Crippen molar-refractivity contribution < 1.29 is 22.7 Å². The first kappa shape index (κ1) is 22.2. The van der Waals surface area contributed by atoms with Crippen molar-refractivity contribution in [3.63, 3.8) is 0 Å². The smallest absolute Gasteiger partial charge is 0.284 e. The fraction of sp³-hybridized carbons (Fsp3) is 0.200. The molecule has 1 aliphatic rings. The number of nitrogens with zero attached hydrogens (tertiary/aromatic N) is 2. The van der Waals surface area contributed by atoms with E-state index in [0.29, 0.717) is 27.0 Å². The fourth-order valence-electron chi connectivity index (χ4n) is 2.70. The molecule has 1 amide bonds. The van der Waals surface area contributed by atoms with E-state index in [4.69, 9.17) is 21.1 Å². The fourth-order valence-corrected chi connectivity index (χ4v) is 5.06. The van der Waals surface area contributed by atoms with Crippen LogP contribution in [0.15, 0.2) is 56.7 Å². The van der Waals surface area contributed by atoms with E-state index in [1.165, 1.54) is 36.3 Å². The summed E-state index contributed by atoms with van der Waals surface area (Å²) in [4.78, 5) is 14.5. The van der Waals surface area contributed by atoms with E-state index in [-0.39, 0.29) is 22.5 Å². The van der Waals surface area contributed by atoms with Crippen LogP contribution >= 0.6 is 23.4 Å². The van der Waals surface area contributed by atoms with E-state index in [2.05, 4.69) is 4.40 Å². The molecule has 10 heteroatoms. The topological polar surface area (TPSA) is 85.3 Å². The lowest BCUT2D eigenvalue weighted by Gasteiger charge is -2.12. The lowest BCUT2D eigenvalue weighted by atomic mass is 10.1. The molecule has 1 saturated heterocycles. The minimum absolute atomic E-state index is 0.00208. The van der Waals surface area contributed by atoms with Crippen LogP contribution in [0.2, 0.25) is 5.02 Å². The van der Waals surface area contributed by atoms with Gasteiger partial charge in [0.05, 0.1) is 24.0 Å². The van der Waals surface area contributed by atoms with Crippen LogP contribution in [0.5, 0.6) is 11.5 Å². The summed E-state index contributed by atoms with van der Waals surface area (Å²) in [6.45, 7) is 2.03. The van der Waals surface area contributed by atoms with Gasteiger partial charge in [-0.2, -0.15) is 8.42 Å². The van der Waals surface area contributed by atoms with E-state index >= 15 is 0 Å². The third kappa shape index (κ3) is 4.63. The van der Waals surface area contributed by atoms with Gasteiger partial charge in [0.2, 0.25) is 0 Å². The number of methoxy groups -OCH3 is 2. The Hall–Kier alpha value is -2.49. The maximum atomic E-state index is 12.8. The second-order valence-electron chi connectivity index (χ2n) is 6.07. The number of sulfonamides is 1. The van der Waals surface area contributed by atoms with Gasteiger partial charge in [-0.15, -0.1) is 4.40 Å². The van der Waals surface area contributed by atoms with Crippen molar-refractivity contribution >= 4 is 50.5 Å². The Labute approximate surface area is 184 Å². The highest BCUT2D eigenvalue weighted by Gasteiger charge is 2.34. The molecule has 0 spiro atoms. The maximum Gasteiger partial charge on any atom is 0.284 e. The molecule has 0 aromatic heterocycles. The van der Waals surface area contributed by atoms with Crippen molar-refractivity contribution in [3.05, 3.63) is 58.0 Å². The number of ether oxygens (including phenoxy) is 2. The quantitative estimate of drug-likeness (QED) is 0.597. The van der Waals surface area contributed by atoms with Gasteiger partial charge in [0.25, 0.3) is 15.9 Å². The molecule has 0 saturated carbocycles. The summed E-state index contributed by atoms with van der Waals surface area (Å²) in [6, 6.07) is 10.9. The largest absolute Gasteiger partial charge is 0.497 e. The van der Waals surface area contributed by atoms with Gasteiger partial charge in [-0.1, -0.05) is 11.6 Å². The molecule has 0 atom stereocenters. The highest BCUT2D eigenvalue weighted by molar-refractivity contribution is 8.19. The Kier molecular flexibility index (Phi) is 6.74. The third-order valence-corrected chi connectivity index (χ3v) is 6.90. The van der Waals surface area contributed by atoms with Gasteiger partial charge in [0.1, 0.15) is 11.5 Å². The summed E-state index contributed by atoms with van der Waals surface area (Å²) in [5, 5.41) is 0.511. The van der Waals surface area contributed by atoms with E-state index < -0.39 is 10.0 Å². The molecule has 0 radical (unpaired) electrons. The number of hydrogen-bond donors (Lipinski definition) is 0. The normalized spacial score (nSPS) is 17.1. The van der Waals surface area contributed by atoms with Crippen LogP contribution in [-0.4, -0.2) is 45.2 Å². The first-order chi connectivity index (χ1) is 14.3. The van der Waals surface area contributed by atoms with Crippen molar-refractivity contribution in [2.24, 2.45) is 4.40 Å². The molecule has 0 aliphatic carbocycles. The average Bonchev–Trinajstić information content (AvgIpc) is 3.01. The number of benzene rings is 2. The maximum absolute atomic E-state index is 12.8. The number of halogens is 1. The second kappa shape index (κ2) is 9.11. The van der Waals surface area contributed by atoms with E-state index in [1.807, 2.05) is 0 Å². The van der Waals surface area contributed by atoms with Gasteiger partial charge in [-0.25, -0.2) is 0 Å². The number of likely N-dealkylation sites (N-methyl/N-ethyl adjacent to an activating group) is 1. The SMILES string of the molecule is CCN1C(=O)/C(=C/c2ccc(OC)cc2OC)SC1=NS(=O)(=O)c1ccc(Cl)cc1. The number of rotatable bonds is 6. The number of thioether (sulfide) groups is 1. The Balaban J connectivity index is 1.98. The Morgan fingerprint density at radius 1 is 1.13 bits per heavy atom. The lowest BCUT2D eigenvalue weighted by Crippen LogP contribution is -2.29. The van der Waals surface area contributed by atoms with Crippen molar-refractivity contribution in [2.75, 3.05) is 20.8 Å². The van der Waals surface area contributed by atoms with Gasteiger partial charge >= 0.3 is 0 Å². The first-order valence-corrected chi connectivity index (χ1v) is 11.5. The molecule has 0 bridgehead atoms. The second-order valence-corrected chi connectivity index (χ2v) is 9.12. The first-order valence-electron chi connectivity index (χ1n) is 8.83. The Bertz CT molecular complexity index is 1130. The predicted octanol–water partition coefficient (Wildman–Crippen LogP) is 4.04. The standard InChI is InChI=1S/C20H19ClN2O5S2/c1-4-23-19(24)18(11-13-5-8-15(27-2)12-17(13)28-3)29-20(23)22-30(25,26)16-9-6-14(21)7-10-16/h5-12H,4H2,1-3H3/b18-11-,22-20?. The molecule has 2 aromatic rings. The molecule has 2 aromatic carbocycles. The highest BCUT2D eigenvalue weighted by Crippen LogP contribution is 2.36. The molecule has 3 rings (SSSR count). The minimum atomic E-state index is -4.00. The molecule has 0 N–H and O–H groups in total. The average molecular weight is 467 g/mol. The van der Waals surface area contributed by atoms with Crippen LogP contribution in [0.4, 0.5) is 0 Å². The number of amides is 1. The van der Waals surface area contributed by atoms with Crippen LogP contribution < -0.4 is 9.47 Å². The van der Waals surface area contributed by atoms with Crippen LogP contribution in [0.1, 0.15) is 12.5 Å². The van der Waals surface area contributed by atoms with E-state index in [9.17, 15) is 13.2 Å². The zero-order chi connectivity index (χ0) is 21.9. The van der Waals surface area contributed by atoms with Crippen LogP contribution in [-0.2, 0) is 14.8 Å². The lowest BCUT2D eigenvalue weighted by molar-refractivity contribution is -0.122. The van der Waals surface area contributed by atoms with Crippen molar-refractivity contribution in [1.29, 1.82) is 0 Å². The molecular formula is C20H19ClN2O5S2. The molecule has 1 fully saturated rings. The number of hydrogen-bond acceptors (Lipinski definition) is 6. The molecule has 1 aliphatic heterocycles. The summed E-state index contributed by atoms with van der Waals surface area (Å²) >= 11 is 6.82. The summed E-state index contributed by atoms with van der Waals surface area (Å²) in [7, 11) is -0.933. The van der Waals surface area contributed by atoms with Crippen LogP contribution in [0, 0.1) is 0 Å². The van der Waals surface area contributed by atoms with Crippen LogP contribution in [0.25, 0.3) is 6.08 Å². The third-order valence-electron chi connectivity index (χ3n) is 4.24. The molecule has 30 heavy (non-hydrogen) atoms. The molecule has 7 nitrogen and oxygen atoms in total. The van der Waals surface area contributed by atoms with Crippen molar-refractivity contribution in [2.45, 2.75) is 11.8 Å². The zero-order valence-corrected chi connectivity index (χ0v) is 18.8. The van der Waals surface area contributed by atoms with Gasteiger partial charge in [0.15, 0.2) is 5.17 Å².